The molecule has 0 saturated carbocycles. The summed E-state index contributed by atoms with van der Waals surface area (Å²) < 4.78 is 13.3. The van der Waals surface area contributed by atoms with Crippen LogP contribution < -0.4 is 4.74 Å². The van der Waals surface area contributed by atoms with Gasteiger partial charge in [0.2, 0.25) is 5.91 Å². The summed E-state index contributed by atoms with van der Waals surface area (Å²) in [7, 11) is 5.39. The lowest BCUT2D eigenvalue weighted by atomic mass is 10.0. The van der Waals surface area contributed by atoms with Crippen LogP contribution >= 0.6 is 0 Å². The third kappa shape index (κ3) is 2.77. The number of nitrogens with zero attached hydrogens (tertiary/aromatic N) is 3. The number of hydrogen-bond acceptors (Lipinski definition) is 4. The van der Waals surface area contributed by atoms with Crippen molar-refractivity contribution in [1.82, 2.24) is 14.4 Å². The van der Waals surface area contributed by atoms with Crippen LogP contribution in [0.5, 0.6) is 5.75 Å². The molecule has 2 amide bonds. The molecule has 0 unspecified atom stereocenters. The molecule has 1 spiro atoms. The number of amides is 2. The number of ether oxygens (including phenoxy) is 2. The van der Waals surface area contributed by atoms with Gasteiger partial charge in [-0.05, 0) is 31.5 Å². The molecule has 0 N–H and O–H groups in total. The lowest BCUT2D eigenvalue weighted by Gasteiger charge is -2.38. The molecular formula is C20H25N3O4. The smallest absolute Gasteiger partial charge is 0.256 e. The lowest BCUT2D eigenvalue weighted by molar-refractivity contribution is -0.158. The Balaban J connectivity index is 1.66. The van der Waals surface area contributed by atoms with E-state index in [1.807, 2.05) is 41.6 Å². The van der Waals surface area contributed by atoms with Crippen molar-refractivity contribution in [2.24, 2.45) is 7.05 Å². The molecule has 2 fully saturated rings. The second-order valence-corrected chi connectivity index (χ2v) is 7.60. The Hall–Kier alpha value is -2.54. The van der Waals surface area contributed by atoms with E-state index in [0.29, 0.717) is 25.2 Å². The average Bonchev–Trinajstić information content (AvgIpc) is 3.18. The van der Waals surface area contributed by atoms with E-state index in [0.717, 1.165) is 28.8 Å². The quantitative estimate of drug-likeness (QED) is 0.804. The molecule has 1 aromatic carbocycles. The number of likely N-dealkylation sites (tertiary alicyclic amines) is 1. The molecule has 0 aliphatic carbocycles. The molecule has 2 aliphatic rings. The van der Waals surface area contributed by atoms with E-state index in [1.165, 1.54) is 0 Å². The molecule has 144 valence electrons. The van der Waals surface area contributed by atoms with E-state index in [1.54, 1.807) is 19.1 Å². The van der Waals surface area contributed by atoms with Crippen LogP contribution in [0.4, 0.5) is 0 Å². The Morgan fingerprint density at radius 2 is 2.04 bits per heavy atom. The fourth-order valence-corrected chi connectivity index (χ4v) is 4.26. The minimum absolute atomic E-state index is 0.00591. The van der Waals surface area contributed by atoms with Gasteiger partial charge in [0, 0.05) is 37.2 Å². The molecule has 1 aromatic heterocycles. The first kappa shape index (κ1) is 17.9. The number of methoxy groups -OCH3 is 1. The number of benzene rings is 1. The van der Waals surface area contributed by atoms with Gasteiger partial charge < -0.3 is 23.8 Å². The summed E-state index contributed by atoms with van der Waals surface area (Å²) in [6.07, 6.45) is 0.740. The van der Waals surface area contributed by atoms with Crippen molar-refractivity contribution in [1.29, 1.82) is 0 Å². The van der Waals surface area contributed by atoms with E-state index in [9.17, 15) is 9.59 Å². The zero-order valence-corrected chi connectivity index (χ0v) is 16.2. The number of carbonyl (C=O) groups is 2. The number of aryl methyl sites for hydroxylation is 1. The van der Waals surface area contributed by atoms with E-state index in [4.69, 9.17) is 9.47 Å². The first-order valence-electron chi connectivity index (χ1n) is 9.15. The summed E-state index contributed by atoms with van der Waals surface area (Å²) >= 11 is 0. The van der Waals surface area contributed by atoms with Gasteiger partial charge in [-0.3, -0.25) is 9.59 Å². The van der Waals surface area contributed by atoms with Gasteiger partial charge in [0.25, 0.3) is 5.91 Å². The molecule has 7 nitrogen and oxygen atoms in total. The third-order valence-corrected chi connectivity index (χ3v) is 5.97. The summed E-state index contributed by atoms with van der Waals surface area (Å²) in [6.45, 7) is 3.71. The molecule has 27 heavy (non-hydrogen) atoms. The van der Waals surface area contributed by atoms with Gasteiger partial charge in [-0.1, -0.05) is 0 Å². The fourth-order valence-electron chi connectivity index (χ4n) is 4.26. The maximum absolute atomic E-state index is 13.4. The Kier molecular flexibility index (Phi) is 4.14. The molecule has 1 atom stereocenters. The predicted molar refractivity (Wildman–Crippen MR) is 101 cm³/mol. The molecule has 4 rings (SSSR count). The standard InChI is InChI=1S/C20H25N3O4/c1-13-18(15-9-14(26-4)5-6-16(15)22(13)3)19(25)23-8-7-20(12-23)11-21(2)17(24)10-27-20/h5-6,9H,7-8,10-12H2,1-4H3/t20-/m0/s1. The highest BCUT2D eigenvalue weighted by atomic mass is 16.5. The molecule has 2 saturated heterocycles. The first-order chi connectivity index (χ1) is 12.8. The Labute approximate surface area is 158 Å². The number of aromatic nitrogens is 1. The van der Waals surface area contributed by atoms with Gasteiger partial charge in [0.1, 0.15) is 18.0 Å². The minimum atomic E-state index is -0.450. The monoisotopic (exact) mass is 371 g/mol. The Morgan fingerprint density at radius 1 is 1.26 bits per heavy atom. The van der Waals surface area contributed by atoms with Gasteiger partial charge >= 0.3 is 0 Å². The SMILES string of the molecule is COc1ccc2c(c1)c(C(=O)N1CC[C@]3(CN(C)C(=O)CO3)C1)c(C)n2C. The summed E-state index contributed by atoms with van der Waals surface area (Å²) in [6, 6.07) is 5.81. The largest absolute Gasteiger partial charge is 0.497 e. The van der Waals surface area contributed by atoms with Crippen molar-refractivity contribution in [2.45, 2.75) is 18.9 Å². The third-order valence-electron chi connectivity index (χ3n) is 5.97. The van der Waals surface area contributed by atoms with Crippen molar-refractivity contribution < 1.29 is 19.1 Å². The minimum Gasteiger partial charge on any atom is -0.497 e. The molecule has 3 heterocycles. The van der Waals surface area contributed by atoms with Crippen molar-refractivity contribution in [3.8, 4) is 5.75 Å². The van der Waals surface area contributed by atoms with E-state index < -0.39 is 5.60 Å². The van der Waals surface area contributed by atoms with Gasteiger partial charge in [-0.2, -0.15) is 0 Å². The number of hydrogen-bond donors (Lipinski definition) is 0. The van der Waals surface area contributed by atoms with Crippen LogP contribution in [0.15, 0.2) is 18.2 Å². The van der Waals surface area contributed by atoms with Crippen LogP contribution in [0.1, 0.15) is 22.5 Å². The van der Waals surface area contributed by atoms with Crippen molar-refractivity contribution in [3.63, 3.8) is 0 Å². The van der Waals surface area contributed by atoms with E-state index >= 15 is 0 Å². The van der Waals surface area contributed by atoms with Gasteiger partial charge in [0.15, 0.2) is 0 Å². The molecular weight excluding hydrogens is 346 g/mol. The van der Waals surface area contributed by atoms with Crippen LogP contribution in [-0.4, -0.2) is 72.2 Å². The molecule has 2 aromatic rings. The highest BCUT2D eigenvalue weighted by Gasteiger charge is 2.46. The number of morpholine rings is 1. The second-order valence-electron chi connectivity index (χ2n) is 7.60. The lowest BCUT2D eigenvalue weighted by Crippen LogP contribution is -2.54. The van der Waals surface area contributed by atoms with Crippen LogP contribution in [0.3, 0.4) is 0 Å². The zero-order valence-electron chi connectivity index (χ0n) is 16.2. The topological polar surface area (TPSA) is 64.0 Å². The normalized spacial score (nSPS) is 22.9. The first-order valence-corrected chi connectivity index (χ1v) is 9.15. The summed E-state index contributed by atoms with van der Waals surface area (Å²) in [5.74, 6) is 0.726. The van der Waals surface area contributed by atoms with Crippen LogP contribution in [-0.2, 0) is 16.6 Å². The fraction of sp³-hybridized carbons (Fsp3) is 0.500. The molecule has 0 radical (unpaired) electrons. The Morgan fingerprint density at radius 3 is 2.74 bits per heavy atom. The molecule has 2 aliphatic heterocycles. The maximum atomic E-state index is 13.4. The Bertz CT molecular complexity index is 935. The number of fused-ring (bicyclic) bond motifs is 1. The van der Waals surface area contributed by atoms with Crippen LogP contribution in [0, 0.1) is 6.92 Å². The highest BCUT2D eigenvalue weighted by Crippen LogP contribution is 2.34. The molecule has 7 heteroatoms. The molecule has 0 bridgehead atoms. The predicted octanol–water partition coefficient (Wildman–Crippen LogP) is 1.57. The van der Waals surface area contributed by atoms with Gasteiger partial charge in [0.05, 0.1) is 25.8 Å². The number of likely N-dealkylation sites (N-methyl/N-ethyl adjacent to an activating group) is 1. The van der Waals surface area contributed by atoms with E-state index in [-0.39, 0.29) is 18.4 Å². The highest BCUT2D eigenvalue weighted by molar-refractivity contribution is 6.09. The van der Waals surface area contributed by atoms with Crippen LogP contribution in [0.2, 0.25) is 0 Å². The van der Waals surface area contributed by atoms with Crippen molar-refractivity contribution >= 4 is 22.7 Å². The number of rotatable bonds is 2. The summed E-state index contributed by atoms with van der Waals surface area (Å²) in [4.78, 5) is 28.7. The summed E-state index contributed by atoms with van der Waals surface area (Å²) in [5, 5.41) is 0.900. The van der Waals surface area contributed by atoms with Gasteiger partial charge in [-0.25, -0.2) is 0 Å². The van der Waals surface area contributed by atoms with E-state index in [2.05, 4.69) is 0 Å². The average molecular weight is 371 g/mol. The zero-order chi connectivity index (χ0) is 19.3. The van der Waals surface area contributed by atoms with Crippen molar-refractivity contribution in [3.05, 3.63) is 29.5 Å². The van der Waals surface area contributed by atoms with Crippen LogP contribution in [0.25, 0.3) is 10.9 Å². The van der Waals surface area contributed by atoms with Gasteiger partial charge in [-0.15, -0.1) is 0 Å². The number of carbonyl (C=O) groups excluding carboxylic acids is 2. The summed E-state index contributed by atoms with van der Waals surface area (Å²) in [5.41, 5.74) is 2.20. The van der Waals surface area contributed by atoms with Crippen molar-refractivity contribution in [2.75, 3.05) is 40.4 Å². The maximum Gasteiger partial charge on any atom is 0.256 e. The second kappa shape index (κ2) is 6.27.